The van der Waals surface area contributed by atoms with Gasteiger partial charge in [-0.2, -0.15) is 0 Å². The molecule has 3 heteroatoms. The molecule has 1 amide bonds. The zero-order chi connectivity index (χ0) is 12.0. The minimum atomic E-state index is -0.0637. The Balaban J connectivity index is 2.53. The van der Waals surface area contributed by atoms with E-state index in [0.717, 1.165) is 17.7 Å². The van der Waals surface area contributed by atoms with Gasteiger partial charge in [-0.25, -0.2) is 0 Å². The first-order valence-electron chi connectivity index (χ1n) is 5.46. The second-order valence-corrected chi connectivity index (χ2v) is 3.82. The van der Waals surface area contributed by atoms with Crippen LogP contribution in [0, 0.1) is 0 Å². The molecular weight excluding hydrogens is 200 g/mol. The highest BCUT2D eigenvalue weighted by atomic mass is 16.1. The van der Waals surface area contributed by atoms with E-state index in [1.807, 2.05) is 38.1 Å². The van der Waals surface area contributed by atoms with Gasteiger partial charge >= 0.3 is 0 Å². The topological polar surface area (TPSA) is 55.1 Å². The molecule has 0 spiro atoms. The molecule has 86 valence electrons. The first-order chi connectivity index (χ1) is 7.61. The molecule has 1 rings (SSSR count). The SMILES string of the molecule is CCC(C)NC(=O)/C=C/c1ccc(N)cc1. The molecule has 0 aliphatic carbocycles. The maximum atomic E-state index is 11.4. The van der Waals surface area contributed by atoms with Crippen LogP contribution in [0.15, 0.2) is 30.3 Å². The smallest absolute Gasteiger partial charge is 0.244 e. The number of hydrogen-bond donors (Lipinski definition) is 2. The fourth-order valence-corrected chi connectivity index (χ4v) is 1.17. The molecule has 0 fully saturated rings. The van der Waals surface area contributed by atoms with E-state index in [-0.39, 0.29) is 11.9 Å². The van der Waals surface area contributed by atoms with Crippen LogP contribution in [0.5, 0.6) is 0 Å². The maximum Gasteiger partial charge on any atom is 0.244 e. The summed E-state index contributed by atoms with van der Waals surface area (Å²) in [5, 5.41) is 2.86. The fraction of sp³-hybridized carbons (Fsp3) is 0.308. The Bertz CT molecular complexity index is 368. The van der Waals surface area contributed by atoms with Crippen molar-refractivity contribution in [1.29, 1.82) is 0 Å². The van der Waals surface area contributed by atoms with Crippen molar-refractivity contribution in [2.24, 2.45) is 0 Å². The molecule has 1 aromatic rings. The molecule has 0 saturated heterocycles. The number of amides is 1. The van der Waals surface area contributed by atoms with Crippen molar-refractivity contribution in [3.63, 3.8) is 0 Å². The summed E-state index contributed by atoms with van der Waals surface area (Å²) in [7, 11) is 0. The molecule has 0 bridgehead atoms. The lowest BCUT2D eigenvalue weighted by molar-refractivity contribution is -0.117. The van der Waals surface area contributed by atoms with Gasteiger partial charge in [0.2, 0.25) is 5.91 Å². The lowest BCUT2D eigenvalue weighted by Gasteiger charge is -2.08. The van der Waals surface area contributed by atoms with Crippen LogP contribution in [-0.2, 0) is 4.79 Å². The molecule has 3 N–H and O–H groups in total. The molecule has 3 nitrogen and oxygen atoms in total. The van der Waals surface area contributed by atoms with E-state index in [1.54, 1.807) is 6.08 Å². The van der Waals surface area contributed by atoms with E-state index in [4.69, 9.17) is 5.73 Å². The first kappa shape index (κ1) is 12.3. The highest BCUT2D eigenvalue weighted by molar-refractivity contribution is 5.91. The van der Waals surface area contributed by atoms with Crippen LogP contribution in [0.1, 0.15) is 25.8 Å². The zero-order valence-corrected chi connectivity index (χ0v) is 9.73. The van der Waals surface area contributed by atoms with Crippen LogP contribution in [0.4, 0.5) is 5.69 Å². The number of anilines is 1. The molecule has 1 unspecified atom stereocenters. The summed E-state index contributed by atoms with van der Waals surface area (Å²) in [6.07, 6.45) is 4.25. The van der Waals surface area contributed by atoms with E-state index in [9.17, 15) is 4.79 Å². The minimum Gasteiger partial charge on any atom is -0.399 e. The van der Waals surface area contributed by atoms with Gasteiger partial charge in [-0.1, -0.05) is 19.1 Å². The highest BCUT2D eigenvalue weighted by Gasteiger charge is 2.00. The Morgan fingerprint density at radius 1 is 1.44 bits per heavy atom. The van der Waals surface area contributed by atoms with Gasteiger partial charge in [-0.3, -0.25) is 4.79 Å². The van der Waals surface area contributed by atoms with E-state index >= 15 is 0 Å². The van der Waals surface area contributed by atoms with E-state index < -0.39 is 0 Å². The standard InChI is InChI=1S/C13H18N2O/c1-3-10(2)15-13(16)9-6-11-4-7-12(14)8-5-11/h4-10H,3,14H2,1-2H3,(H,15,16)/b9-6+. The number of nitrogens with two attached hydrogens (primary N) is 1. The van der Waals surface area contributed by atoms with Crippen molar-refractivity contribution in [1.82, 2.24) is 5.32 Å². The van der Waals surface area contributed by atoms with Crippen LogP contribution >= 0.6 is 0 Å². The number of carbonyl (C=O) groups excluding carboxylic acids is 1. The highest BCUT2D eigenvalue weighted by Crippen LogP contribution is 2.06. The molecular formula is C13H18N2O. The van der Waals surface area contributed by atoms with Gasteiger partial charge in [0.05, 0.1) is 0 Å². The third-order valence-electron chi connectivity index (χ3n) is 2.36. The third-order valence-corrected chi connectivity index (χ3v) is 2.36. The van der Waals surface area contributed by atoms with Gasteiger partial charge in [-0.05, 0) is 37.1 Å². The van der Waals surface area contributed by atoms with Crippen molar-refractivity contribution in [2.75, 3.05) is 5.73 Å². The van der Waals surface area contributed by atoms with Crippen molar-refractivity contribution in [3.8, 4) is 0 Å². The number of nitrogens with one attached hydrogen (secondary N) is 1. The molecule has 0 aliphatic heterocycles. The maximum absolute atomic E-state index is 11.4. The molecule has 0 aliphatic rings. The van der Waals surface area contributed by atoms with Crippen molar-refractivity contribution in [3.05, 3.63) is 35.9 Å². The normalized spacial score (nSPS) is 12.6. The zero-order valence-electron chi connectivity index (χ0n) is 9.73. The summed E-state index contributed by atoms with van der Waals surface area (Å²) in [6.45, 7) is 4.02. The van der Waals surface area contributed by atoms with Gasteiger partial charge < -0.3 is 11.1 Å². The van der Waals surface area contributed by atoms with Crippen LogP contribution in [-0.4, -0.2) is 11.9 Å². The fourth-order valence-electron chi connectivity index (χ4n) is 1.17. The molecule has 1 aromatic carbocycles. The van der Waals surface area contributed by atoms with Gasteiger partial charge in [0.25, 0.3) is 0 Å². The summed E-state index contributed by atoms with van der Waals surface area (Å²) in [5.41, 5.74) is 7.25. The Morgan fingerprint density at radius 3 is 2.62 bits per heavy atom. The Labute approximate surface area is 96.3 Å². The molecule has 0 radical (unpaired) electrons. The van der Waals surface area contributed by atoms with Gasteiger partial charge in [0, 0.05) is 17.8 Å². The number of nitrogen functional groups attached to an aromatic ring is 1. The predicted molar refractivity (Wildman–Crippen MR) is 67.8 cm³/mol. The lowest BCUT2D eigenvalue weighted by atomic mass is 10.2. The summed E-state index contributed by atoms with van der Waals surface area (Å²) in [6, 6.07) is 7.59. The second kappa shape index (κ2) is 5.95. The monoisotopic (exact) mass is 218 g/mol. The summed E-state index contributed by atoms with van der Waals surface area (Å²) in [5.74, 6) is -0.0637. The number of benzene rings is 1. The molecule has 0 heterocycles. The second-order valence-electron chi connectivity index (χ2n) is 3.82. The van der Waals surface area contributed by atoms with Gasteiger partial charge in [-0.15, -0.1) is 0 Å². The number of hydrogen-bond acceptors (Lipinski definition) is 2. The number of carbonyl (C=O) groups is 1. The molecule has 16 heavy (non-hydrogen) atoms. The van der Waals surface area contributed by atoms with Gasteiger partial charge in [0.15, 0.2) is 0 Å². The van der Waals surface area contributed by atoms with E-state index in [1.165, 1.54) is 6.08 Å². The van der Waals surface area contributed by atoms with Gasteiger partial charge in [0.1, 0.15) is 0 Å². The number of rotatable bonds is 4. The van der Waals surface area contributed by atoms with Crippen LogP contribution in [0.2, 0.25) is 0 Å². The van der Waals surface area contributed by atoms with Crippen molar-refractivity contribution >= 4 is 17.7 Å². The van der Waals surface area contributed by atoms with Crippen LogP contribution in [0.25, 0.3) is 6.08 Å². The summed E-state index contributed by atoms with van der Waals surface area (Å²) < 4.78 is 0. The largest absolute Gasteiger partial charge is 0.399 e. The molecule has 1 atom stereocenters. The van der Waals surface area contributed by atoms with Crippen molar-refractivity contribution < 1.29 is 4.79 Å². The first-order valence-corrected chi connectivity index (χ1v) is 5.46. The average Bonchev–Trinajstić information content (AvgIpc) is 2.28. The van der Waals surface area contributed by atoms with Crippen LogP contribution in [0.3, 0.4) is 0 Å². The van der Waals surface area contributed by atoms with E-state index in [2.05, 4.69) is 5.32 Å². The minimum absolute atomic E-state index is 0.0637. The predicted octanol–water partition coefficient (Wildman–Crippen LogP) is 2.20. The molecule has 0 aromatic heterocycles. The van der Waals surface area contributed by atoms with Crippen molar-refractivity contribution in [2.45, 2.75) is 26.3 Å². The lowest BCUT2D eigenvalue weighted by Crippen LogP contribution is -2.30. The Hall–Kier alpha value is -1.77. The molecule has 0 saturated carbocycles. The Morgan fingerprint density at radius 2 is 2.06 bits per heavy atom. The van der Waals surface area contributed by atoms with E-state index in [0.29, 0.717) is 0 Å². The Kier molecular flexibility index (Phi) is 4.58. The summed E-state index contributed by atoms with van der Waals surface area (Å²) in [4.78, 5) is 11.4. The summed E-state index contributed by atoms with van der Waals surface area (Å²) >= 11 is 0. The quantitative estimate of drug-likeness (QED) is 0.601. The average molecular weight is 218 g/mol. The van der Waals surface area contributed by atoms with Crippen LogP contribution < -0.4 is 11.1 Å². The third kappa shape index (κ3) is 4.17.